The second kappa shape index (κ2) is 3.87. The molecule has 6 heteroatoms. The Balaban J connectivity index is 0.00000121. The zero-order valence-electron chi connectivity index (χ0n) is 5.86. The van der Waals surface area contributed by atoms with E-state index in [0.29, 0.717) is 0 Å². The van der Waals surface area contributed by atoms with Gasteiger partial charge in [-0.1, -0.05) is 0 Å². The van der Waals surface area contributed by atoms with Crippen molar-refractivity contribution in [2.24, 2.45) is 0 Å². The number of nitro benzene ring substituents is 1. The van der Waals surface area contributed by atoms with Crippen LogP contribution in [0.25, 0.3) is 0 Å². The molecular weight excluding hydrogens is 187 g/mol. The normalized spacial score (nSPS) is 8.75. The predicted molar refractivity (Wildman–Crippen MR) is 44.7 cm³/mol. The zero-order chi connectivity index (χ0) is 8.43. The Morgan fingerprint density at radius 1 is 1.50 bits per heavy atom. The van der Waals surface area contributed by atoms with E-state index in [4.69, 9.17) is 5.73 Å². The van der Waals surface area contributed by atoms with Gasteiger partial charge in [-0.3, -0.25) is 10.1 Å². The fraction of sp³-hybridized carbons (Fsp3) is 0. The molecule has 0 saturated heterocycles. The number of nitrogen functional groups attached to an aromatic ring is 1. The Hall–Kier alpha value is -1.36. The molecule has 12 heavy (non-hydrogen) atoms. The van der Waals surface area contributed by atoms with Crippen molar-refractivity contribution in [3.05, 3.63) is 34.1 Å². The van der Waals surface area contributed by atoms with Gasteiger partial charge in [0.25, 0.3) is 5.69 Å². The average Bonchev–Trinajstić information content (AvgIpc) is 1.94. The molecule has 1 aromatic carbocycles. The molecule has 0 bridgehead atoms. The van der Waals surface area contributed by atoms with E-state index in [2.05, 4.69) is 0 Å². The molecular formula is C6H6ClFN2O2. The van der Waals surface area contributed by atoms with E-state index < -0.39 is 10.7 Å². The fourth-order valence-electron chi connectivity index (χ4n) is 0.630. The molecule has 0 fully saturated rings. The van der Waals surface area contributed by atoms with Crippen LogP contribution in [0, 0.1) is 15.9 Å². The molecule has 0 aliphatic rings. The van der Waals surface area contributed by atoms with Gasteiger partial charge in [-0.25, -0.2) is 4.39 Å². The van der Waals surface area contributed by atoms with Gasteiger partial charge in [0.05, 0.1) is 16.7 Å². The summed E-state index contributed by atoms with van der Waals surface area (Å²) in [7, 11) is 0. The number of anilines is 1. The second-order valence-electron chi connectivity index (χ2n) is 1.96. The zero-order valence-corrected chi connectivity index (χ0v) is 6.68. The lowest BCUT2D eigenvalue weighted by atomic mass is 10.3. The van der Waals surface area contributed by atoms with Gasteiger partial charge in [-0.2, -0.15) is 0 Å². The van der Waals surface area contributed by atoms with Crippen molar-refractivity contribution in [2.75, 3.05) is 5.73 Å². The van der Waals surface area contributed by atoms with Crippen molar-refractivity contribution in [1.82, 2.24) is 0 Å². The minimum absolute atomic E-state index is 0. The molecule has 0 amide bonds. The van der Waals surface area contributed by atoms with Crippen LogP contribution in [0.3, 0.4) is 0 Å². The van der Waals surface area contributed by atoms with E-state index in [1.165, 1.54) is 0 Å². The van der Waals surface area contributed by atoms with Crippen LogP contribution in [-0.2, 0) is 0 Å². The third kappa shape index (κ3) is 2.06. The lowest BCUT2D eigenvalue weighted by molar-refractivity contribution is -0.385. The molecule has 0 atom stereocenters. The summed E-state index contributed by atoms with van der Waals surface area (Å²) in [4.78, 5) is 9.38. The largest absolute Gasteiger partial charge is 0.396 e. The number of nitro groups is 1. The molecule has 4 nitrogen and oxygen atoms in total. The quantitative estimate of drug-likeness (QED) is 0.419. The molecule has 0 heterocycles. The number of hydrogen-bond donors (Lipinski definition) is 1. The van der Waals surface area contributed by atoms with Gasteiger partial charge in [-0.15, -0.1) is 12.4 Å². The first kappa shape index (κ1) is 10.6. The van der Waals surface area contributed by atoms with Crippen molar-refractivity contribution in [1.29, 1.82) is 0 Å². The smallest absolute Gasteiger partial charge is 0.272 e. The molecule has 0 aliphatic heterocycles. The Morgan fingerprint density at radius 3 is 2.50 bits per heavy atom. The van der Waals surface area contributed by atoms with Crippen molar-refractivity contribution < 1.29 is 9.31 Å². The first-order chi connectivity index (χ1) is 5.11. The summed E-state index contributed by atoms with van der Waals surface area (Å²) in [5, 5.41) is 10.1. The SMILES string of the molecule is Cl.Nc1ccc([N+](=O)[O-])cc1F. The van der Waals surface area contributed by atoms with Crippen molar-refractivity contribution in [2.45, 2.75) is 0 Å². The van der Waals surface area contributed by atoms with Gasteiger partial charge in [0, 0.05) is 6.07 Å². The van der Waals surface area contributed by atoms with Crippen LogP contribution in [0.2, 0.25) is 0 Å². The molecule has 0 aliphatic carbocycles. The lowest BCUT2D eigenvalue weighted by Crippen LogP contribution is -1.93. The summed E-state index contributed by atoms with van der Waals surface area (Å²) in [5.41, 5.74) is 4.71. The maximum atomic E-state index is 12.5. The first-order valence-electron chi connectivity index (χ1n) is 2.80. The summed E-state index contributed by atoms with van der Waals surface area (Å²) in [6.45, 7) is 0. The van der Waals surface area contributed by atoms with Crippen LogP contribution in [0.15, 0.2) is 18.2 Å². The van der Waals surface area contributed by atoms with Crippen LogP contribution in [-0.4, -0.2) is 4.92 Å². The van der Waals surface area contributed by atoms with E-state index in [1.54, 1.807) is 0 Å². The number of hydrogen-bond acceptors (Lipinski definition) is 3. The highest BCUT2D eigenvalue weighted by molar-refractivity contribution is 5.85. The second-order valence-corrected chi connectivity index (χ2v) is 1.96. The van der Waals surface area contributed by atoms with Crippen LogP contribution < -0.4 is 5.73 Å². The van der Waals surface area contributed by atoms with E-state index in [0.717, 1.165) is 18.2 Å². The molecule has 1 rings (SSSR count). The van der Waals surface area contributed by atoms with Gasteiger partial charge >= 0.3 is 0 Å². The van der Waals surface area contributed by atoms with Crippen molar-refractivity contribution in [3.8, 4) is 0 Å². The third-order valence-electron chi connectivity index (χ3n) is 1.19. The molecule has 0 aromatic heterocycles. The van der Waals surface area contributed by atoms with E-state index in [-0.39, 0.29) is 23.8 Å². The minimum atomic E-state index is -0.765. The Bertz CT molecular complexity index is 306. The predicted octanol–water partition coefficient (Wildman–Crippen LogP) is 1.74. The van der Waals surface area contributed by atoms with Gasteiger partial charge in [0.1, 0.15) is 0 Å². The van der Waals surface area contributed by atoms with Gasteiger partial charge < -0.3 is 5.73 Å². The highest BCUT2D eigenvalue weighted by Gasteiger charge is 2.07. The Labute approximate surface area is 73.7 Å². The molecule has 0 radical (unpaired) electrons. The number of nitrogens with two attached hydrogens (primary N) is 1. The standard InChI is InChI=1S/C6H5FN2O2.ClH/c7-5-3-4(9(10)11)1-2-6(5)8;/h1-3H,8H2;1H. The van der Waals surface area contributed by atoms with Crippen LogP contribution in [0.5, 0.6) is 0 Å². The van der Waals surface area contributed by atoms with E-state index in [9.17, 15) is 14.5 Å². The van der Waals surface area contributed by atoms with Crippen LogP contribution >= 0.6 is 12.4 Å². The number of halogens is 2. The minimum Gasteiger partial charge on any atom is -0.396 e. The first-order valence-corrected chi connectivity index (χ1v) is 2.80. The summed E-state index contributed by atoms with van der Waals surface area (Å²) in [6.07, 6.45) is 0. The number of non-ortho nitro benzene ring substituents is 1. The van der Waals surface area contributed by atoms with E-state index in [1.807, 2.05) is 0 Å². The Morgan fingerprint density at radius 2 is 2.08 bits per heavy atom. The fourth-order valence-corrected chi connectivity index (χ4v) is 0.630. The summed E-state index contributed by atoms with van der Waals surface area (Å²) < 4.78 is 12.5. The van der Waals surface area contributed by atoms with E-state index >= 15 is 0 Å². The van der Waals surface area contributed by atoms with Crippen LogP contribution in [0.1, 0.15) is 0 Å². The number of nitrogens with zero attached hydrogens (tertiary/aromatic N) is 1. The van der Waals surface area contributed by atoms with Gasteiger partial charge in [-0.05, 0) is 6.07 Å². The number of rotatable bonds is 1. The average molecular weight is 193 g/mol. The van der Waals surface area contributed by atoms with Gasteiger partial charge in [0.15, 0.2) is 5.82 Å². The topological polar surface area (TPSA) is 69.2 Å². The van der Waals surface area contributed by atoms with Crippen LogP contribution in [0.4, 0.5) is 15.8 Å². The summed E-state index contributed by atoms with van der Waals surface area (Å²) >= 11 is 0. The van der Waals surface area contributed by atoms with Crippen molar-refractivity contribution >= 4 is 23.8 Å². The monoisotopic (exact) mass is 192 g/mol. The maximum Gasteiger partial charge on any atom is 0.272 e. The summed E-state index contributed by atoms with van der Waals surface area (Å²) in [6, 6.07) is 3.10. The molecule has 66 valence electrons. The number of benzene rings is 1. The molecule has 2 N–H and O–H groups in total. The molecule has 0 unspecified atom stereocenters. The molecule has 0 saturated carbocycles. The van der Waals surface area contributed by atoms with Crippen molar-refractivity contribution in [3.63, 3.8) is 0 Å². The highest BCUT2D eigenvalue weighted by Crippen LogP contribution is 2.17. The third-order valence-corrected chi connectivity index (χ3v) is 1.19. The highest BCUT2D eigenvalue weighted by atomic mass is 35.5. The molecule has 0 spiro atoms. The maximum absolute atomic E-state index is 12.5. The Kier molecular flexibility index (Phi) is 3.43. The molecule has 1 aromatic rings. The lowest BCUT2D eigenvalue weighted by Gasteiger charge is -1.94. The summed E-state index contributed by atoms with van der Waals surface area (Å²) in [5.74, 6) is -0.765. The van der Waals surface area contributed by atoms with Gasteiger partial charge in [0.2, 0.25) is 0 Å².